The highest BCUT2D eigenvalue weighted by Gasteiger charge is 2.03. The maximum absolute atomic E-state index is 6.08. The molecule has 1 aromatic carbocycles. The van der Waals surface area contributed by atoms with Crippen LogP contribution in [0.15, 0.2) is 42.6 Å². The minimum atomic E-state index is 0.601. The molecule has 1 N–H and O–H groups in total. The number of para-hydroxylation sites is 1. The van der Waals surface area contributed by atoms with E-state index < -0.39 is 0 Å². The molecule has 0 bridgehead atoms. The molecule has 2 rings (SSSR count). The lowest BCUT2D eigenvalue weighted by atomic mass is 10.2. The van der Waals surface area contributed by atoms with Gasteiger partial charge in [0, 0.05) is 18.8 Å². The minimum Gasteiger partial charge on any atom is -0.456 e. The number of rotatable bonds is 6. The Morgan fingerprint density at radius 3 is 2.80 bits per heavy atom. The zero-order valence-corrected chi connectivity index (χ0v) is 12.5. The topological polar surface area (TPSA) is 34.1 Å². The molecule has 2 aromatic rings. The zero-order chi connectivity index (χ0) is 14.4. The average molecular weight is 291 g/mol. The Morgan fingerprint density at radius 1 is 1.25 bits per heavy atom. The highest BCUT2D eigenvalue weighted by molar-refractivity contribution is 6.32. The van der Waals surface area contributed by atoms with Crippen LogP contribution in [0.5, 0.6) is 11.5 Å². The lowest BCUT2D eigenvalue weighted by Crippen LogP contribution is -2.19. The van der Waals surface area contributed by atoms with Gasteiger partial charge in [0.05, 0.1) is 10.7 Å². The first-order chi connectivity index (χ1) is 9.65. The Hall–Kier alpha value is -1.58. The molecule has 4 heteroatoms. The van der Waals surface area contributed by atoms with E-state index in [9.17, 15) is 0 Å². The third-order valence-electron chi connectivity index (χ3n) is 2.71. The van der Waals surface area contributed by atoms with Gasteiger partial charge in [-0.2, -0.15) is 0 Å². The van der Waals surface area contributed by atoms with Crippen LogP contribution in [0.1, 0.15) is 19.5 Å². The number of hydrogen-bond acceptors (Lipinski definition) is 3. The molecule has 0 unspecified atom stereocenters. The molecule has 0 saturated carbocycles. The molecule has 0 spiro atoms. The van der Waals surface area contributed by atoms with Crippen molar-refractivity contribution in [1.82, 2.24) is 10.3 Å². The number of aromatic nitrogens is 1. The largest absolute Gasteiger partial charge is 0.456 e. The van der Waals surface area contributed by atoms with Gasteiger partial charge in [0.15, 0.2) is 0 Å². The molecular formula is C16H19ClN2O. The smallest absolute Gasteiger partial charge is 0.146 e. The molecule has 1 heterocycles. The monoisotopic (exact) mass is 290 g/mol. The first kappa shape index (κ1) is 14.8. The number of ether oxygens (including phenoxy) is 1. The quantitative estimate of drug-likeness (QED) is 0.862. The van der Waals surface area contributed by atoms with Gasteiger partial charge in [0.1, 0.15) is 11.5 Å². The minimum absolute atomic E-state index is 0.601. The van der Waals surface area contributed by atoms with Crippen LogP contribution < -0.4 is 10.1 Å². The van der Waals surface area contributed by atoms with Crippen molar-refractivity contribution >= 4 is 11.6 Å². The van der Waals surface area contributed by atoms with Crippen molar-refractivity contribution in [3.8, 4) is 11.5 Å². The molecule has 0 saturated heterocycles. The van der Waals surface area contributed by atoms with E-state index in [2.05, 4.69) is 24.1 Å². The van der Waals surface area contributed by atoms with Crippen molar-refractivity contribution in [3.63, 3.8) is 0 Å². The summed E-state index contributed by atoms with van der Waals surface area (Å²) in [4.78, 5) is 4.32. The summed E-state index contributed by atoms with van der Waals surface area (Å²) in [5.41, 5.74) is 0.954. The summed E-state index contributed by atoms with van der Waals surface area (Å²) in [5.74, 6) is 2.02. The standard InChI is InChI=1S/C16H19ClN2O/c1-12(2)10-18-11-13-9-14(7-8-19-13)20-16-6-4-3-5-15(16)17/h3-9,12,18H,10-11H2,1-2H3. The summed E-state index contributed by atoms with van der Waals surface area (Å²) in [7, 11) is 0. The van der Waals surface area contributed by atoms with Crippen LogP contribution in [0.4, 0.5) is 0 Å². The van der Waals surface area contributed by atoms with Gasteiger partial charge in [-0.05, 0) is 30.7 Å². The molecule has 0 fully saturated rings. The number of nitrogens with zero attached hydrogens (tertiary/aromatic N) is 1. The molecule has 1 aromatic heterocycles. The summed E-state index contributed by atoms with van der Waals surface area (Å²) < 4.78 is 5.78. The second-order valence-electron chi connectivity index (χ2n) is 5.04. The fourth-order valence-electron chi connectivity index (χ4n) is 1.76. The second kappa shape index (κ2) is 7.27. The Kier molecular flexibility index (Phi) is 5.39. The average Bonchev–Trinajstić information content (AvgIpc) is 2.41. The Balaban J connectivity index is 2.01. The van der Waals surface area contributed by atoms with Crippen LogP contribution in [-0.4, -0.2) is 11.5 Å². The van der Waals surface area contributed by atoms with Gasteiger partial charge in [-0.1, -0.05) is 37.6 Å². The van der Waals surface area contributed by atoms with Crippen molar-refractivity contribution in [3.05, 3.63) is 53.3 Å². The first-order valence-electron chi connectivity index (χ1n) is 6.73. The third kappa shape index (κ3) is 4.51. The molecule has 106 valence electrons. The fraction of sp³-hybridized carbons (Fsp3) is 0.312. The van der Waals surface area contributed by atoms with Gasteiger partial charge in [-0.3, -0.25) is 4.98 Å². The van der Waals surface area contributed by atoms with Crippen LogP contribution in [0, 0.1) is 5.92 Å². The van der Waals surface area contributed by atoms with Crippen LogP contribution in [-0.2, 0) is 6.54 Å². The molecule has 3 nitrogen and oxygen atoms in total. The fourth-order valence-corrected chi connectivity index (χ4v) is 1.93. The normalized spacial score (nSPS) is 10.8. The van der Waals surface area contributed by atoms with Crippen molar-refractivity contribution in [2.75, 3.05) is 6.54 Å². The van der Waals surface area contributed by atoms with Gasteiger partial charge in [0.25, 0.3) is 0 Å². The molecule has 0 atom stereocenters. The summed E-state index contributed by atoms with van der Waals surface area (Å²) in [6.07, 6.45) is 1.75. The van der Waals surface area contributed by atoms with Crippen LogP contribution >= 0.6 is 11.6 Å². The molecule has 0 aliphatic rings. The van der Waals surface area contributed by atoms with E-state index in [1.807, 2.05) is 36.4 Å². The highest BCUT2D eigenvalue weighted by Crippen LogP contribution is 2.28. The number of nitrogens with one attached hydrogen (secondary N) is 1. The van der Waals surface area contributed by atoms with E-state index in [0.29, 0.717) is 16.7 Å². The van der Waals surface area contributed by atoms with E-state index in [4.69, 9.17) is 16.3 Å². The number of hydrogen-bond donors (Lipinski definition) is 1. The van der Waals surface area contributed by atoms with Crippen molar-refractivity contribution in [1.29, 1.82) is 0 Å². The van der Waals surface area contributed by atoms with Crippen molar-refractivity contribution < 1.29 is 4.74 Å². The van der Waals surface area contributed by atoms with E-state index in [-0.39, 0.29) is 0 Å². The van der Waals surface area contributed by atoms with E-state index in [1.54, 1.807) is 6.20 Å². The lowest BCUT2D eigenvalue weighted by Gasteiger charge is -2.10. The van der Waals surface area contributed by atoms with Gasteiger partial charge >= 0.3 is 0 Å². The predicted molar refractivity (Wildman–Crippen MR) is 82.3 cm³/mol. The summed E-state index contributed by atoms with van der Waals surface area (Å²) in [6.45, 7) is 6.06. The Bertz CT molecular complexity index is 558. The van der Waals surface area contributed by atoms with E-state index in [1.165, 1.54) is 0 Å². The predicted octanol–water partition coefficient (Wildman–Crippen LogP) is 4.27. The first-order valence-corrected chi connectivity index (χ1v) is 7.11. The molecule has 0 aliphatic heterocycles. The van der Waals surface area contributed by atoms with Crippen LogP contribution in [0.25, 0.3) is 0 Å². The molecule has 0 radical (unpaired) electrons. The van der Waals surface area contributed by atoms with Crippen molar-refractivity contribution in [2.24, 2.45) is 5.92 Å². The van der Waals surface area contributed by atoms with Gasteiger partial charge in [-0.25, -0.2) is 0 Å². The highest BCUT2D eigenvalue weighted by atomic mass is 35.5. The zero-order valence-electron chi connectivity index (χ0n) is 11.8. The van der Waals surface area contributed by atoms with E-state index in [0.717, 1.165) is 24.5 Å². The number of halogens is 1. The third-order valence-corrected chi connectivity index (χ3v) is 3.02. The van der Waals surface area contributed by atoms with E-state index >= 15 is 0 Å². The van der Waals surface area contributed by atoms with Crippen molar-refractivity contribution in [2.45, 2.75) is 20.4 Å². The summed E-state index contributed by atoms with van der Waals surface area (Å²) >= 11 is 6.08. The molecule has 0 amide bonds. The van der Waals surface area contributed by atoms with Gasteiger partial charge < -0.3 is 10.1 Å². The lowest BCUT2D eigenvalue weighted by molar-refractivity contribution is 0.479. The molecular weight excluding hydrogens is 272 g/mol. The van der Waals surface area contributed by atoms with Gasteiger partial charge in [-0.15, -0.1) is 0 Å². The SMILES string of the molecule is CC(C)CNCc1cc(Oc2ccccc2Cl)ccn1. The summed E-state index contributed by atoms with van der Waals surface area (Å²) in [5, 5.41) is 3.96. The molecule has 20 heavy (non-hydrogen) atoms. The molecule has 0 aliphatic carbocycles. The van der Waals surface area contributed by atoms with Crippen LogP contribution in [0.2, 0.25) is 5.02 Å². The number of benzene rings is 1. The van der Waals surface area contributed by atoms with Crippen LogP contribution in [0.3, 0.4) is 0 Å². The Morgan fingerprint density at radius 2 is 2.05 bits per heavy atom. The Labute approximate surface area is 124 Å². The maximum Gasteiger partial charge on any atom is 0.146 e. The summed E-state index contributed by atoms with van der Waals surface area (Å²) in [6, 6.07) is 11.2. The maximum atomic E-state index is 6.08. The number of pyridine rings is 1. The van der Waals surface area contributed by atoms with Gasteiger partial charge in [0.2, 0.25) is 0 Å². The second-order valence-corrected chi connectivity index (χ2v) is 5.45.